The summed E-state index contributed by atoms with van der Waals surface area (Å²) in [5, 5.41) is 0. The number of ether oxygens (including phenoxy) is 3. The number of carbonyl (C=O) groups is 1. The van der Waals surface area contributed by atoms with Crippen molar-refractivity contribution in [1.82, 2.24) is 0 Å². The average molecular weight is 276 g/mol. The summed E-state index contributed by atoms with van der Waals surface area (Å²) in [6.07, 6.45) is 3.34. The highest BCUT2D eigenvalue weighted by atomic mass is 16.5. The number of esters is 1. The summed E-state index contributed by atoms with van der Waals surface area (Å²) in [7, 11) is 1.36. The molecule has 0 atom stereocenters. The minimum atomic E-state index is -0.351. The molecule has 0 spiro atoms. The van der Waals surface area contributed by atoms with Crippen LogP contribution in [0, 0.1) is 0 Å². The predicted octanol–water partition coefficient (Wildman–Crippen LogP) is 3.35. The highest BCUT2D eigenvalue weighted by molar-refractivity contribution is 5.89. The molecule has 0 aromatic heterocycles. The monoisotopic (exact) mass is 276 g/mol. The van der Waals surface area contributed by atoms with Gasteiger partial charge in [0, 0.05) is 0 Å². The van der Waals surface area contributed by atoms with Gasteiger partial charge in [-0.25, -0.2) is 4.79 Å². The number of methoxy groups -OCH3 is 1. The van der Waals surface area contributed by atoms with Gasteiger partial charge in [0.25, 0.3) is 0 Å². The Kier molecular flexibility index (Phi) is 6.96. The molecule has 0 aliphatic rings. The van der Waals surface area contributed by atoms with Gasteiger partial charge in [-0.1, -0.05) is 13.2 Å². The second kappa shape index (κ2) is 8.80. The van der Waals surface area contributed by atoms with Crippen LogP contribution in [0.5, 0.6) is 5.75 Å². The third-order valence-electron chi connectivity index (χ3n) is 2.60. The Morgan fingerprint density at radius 1 is 1.20 bits per heavy atom. The molecule has 0 N–H and O–H groups in total. The van der Waals surface area contributed by atoms with Crippen LogP contribution >= 0.6 is 0 Å². The van der Waals surface area contributed by atoms with Crippen LogP contribution in [0.15, 0.2) is 49.3 Å². The SMILES string of the molecule is C=CC(=C)OCCCCOc1ccc(C(=O)OC)cc1. The van der Waals surface area contributed by atoms with E-state index in [0.29, 0.717) is 24.5 Å². The molecule has 0 amide bonds. The topological polar surface area (TPSA) is 44.8 Å². The molecule has 4 heteroatoms. The van der Waals surface area contributed by atoms with Crippen LogP contribution in [0.4, 0.5) is 0 Å². The molecule has 1 aromatic carbocycles. The van der Waals surface area contributed by atoms with E-state index in [4.69, 9.17) is 9.47 Å². The zero-order valence-corrected chi connectivity index (χ0v) is 11.8. The van der Waals surface area contributed by atoms with Crippen molar-refractivity contribution in [3.8, 4) is 5.75 Å². The zero-order chi connectivity index (χ0) is 14.8. The Labute approximate surface area is 119 Å². The second-order valence-corrected chi connectivity index (χ2v) is 4.09. The van der Waals surface area contributed by atoms with E-state index < -0.39 is 0 Å². The maximum Gasteiger partial charge on any atom is 0.337 e. The van der Waals surface area contributed by atoms with E-state index >= 15 is 0 Å². The van der Waals surface area contributed by atoms with E-state index in [0.717, 1.165) is 18.6 Å². The maximum absolute atomic E-state index is 11.2. The third-order valence-corrected chi connectivity index (χ3v) is 2.60. The summed E-state index contributed by atoms with van der Waals surface area (Å²) in [6, 6.07) is 6.86. The lowest BCUT2D eigenvalue weighted by molar-refractivity contribution is 0.0600. The molecule has 20 heavy (non-hydrogen) atoms. The highest BCUT2D eigenvalue weighted by Crippen LogP contribution is 2.13. The highest BCUT2D eigenvalue weighted by Gasteiger charge is 2.04. The standard InChI is InChI=1S/C16H20O4/c1-4-13(2)19-11-5-6-12-20-15-9-7-14(8-10-15)16(17)18-3/h4,7-10H,1-2,5-6,11-12H2,3H3. The van der Waals surface area contributed by atoms with Gasteiger partial charge in [-0.05, 0) is 43.2 Å². The van der Waals surface area contributed by atoms with Gasteiger partial charge >= 0.3 is 5.97 Å². The lowest BCUT2D eigenvalue weighted by Gasteiger charge is -2.08. The molecule has 0 saturated heterocycles. The molecule has 0 unspecified atom stereocenters. The van der Waals surface area contributed by atoms with Crippen LogP contribution in [0.2, 0.25) is 0 Å². The number of carbonyl (C=O) groups excluding carboxylic acids is 1. The van der Waals surface area contributed by atoms with Gasteiger partial charge in [0.05, 0.1) is 25.9 Å². The van der Waals surface area contributed by atoms with Crippen molar-refractivity contribution in [2.45, 2.75) is 12.8 Å². The fraction of sp³-hybridized carbons (Fsp3) is 0.312. The first-order valence-electron chi connectivity index (χ1n) is 6.42. The van der Waals surface area contributed by atoms with Gasteiger partial charge in [0.15, 0.2) is 0 Å². The number of hydrogen-bond acceptors (Lipinski definition) is 4. The fourth-order valence-corrected chi connectivity index (χ4v) is 1.46. The fourth-order valence-electron chi connectivity index (χ4n) is 1.46. The molecule has 0 aliphatic heterocycles. The summed E-state index contributed by atoms with van der Waals surface area (Å²) < 4.78 is 15.5. The van der Waals surface area contributed by atoms with Crippen molar-refractivity contribution < 1.29 is 19.0 Å². The van der Waals surface area contributed by atoms with E-state index in [1.54, 1.807) is 30.3 Å². The van der Waals surface area contributed by atoms with Crippen molar-refractivity contribution in [3.63, 3.8) is 0 Å². The van der Waals surface area contributed by atoms with E-state index in [2.05, 4.69) is 17.9 Å². The molecule has 0 bridgehead atoms. The van der Waals surface area contributed by atoms with Crippen LogP contribution in [0.25, 0.3) is 0 Å². The van der Waals surface area contributed by atoms with Crippen molar-refractivity contribution >= 4 is 5.97 Å². The number of benzene rings is 1. The Morgan fingerprint density at radius 2 is 1.85 bits per heavy atom. The van der Waals surface area contributed by atoms with E-state index in [1.807, 2.05) is 0 Å². The normalized spacial score (nSPS) is 9.65. The number of rotatable bonds is 9. The van der Waals surface area contributed by atoms with E-state index in [1.165, 1.54) is 7.11 Å². The summed E-state index contributed by atoms with van der Waals surface area (Å²) >= 11 is 0. The van der Waals surface area contributed by atoms with Gasteiger partial charge in [-0.2, -0.15) is 0 Å². The first-order valence-corrected chi connectivity index (χ1v) is 6.42. The lowest BCUT2D eigenvalue weighted by Crippen LogP contribution is -2.02. The molecule has 108 valence electrons. The molecule has 0 radical (unpaired) electrons. The lowest BCUT2D eigenvalue weighted by atomic mass is 10.2. The van der Waals surface area contributed by atoms with Gasteiger partial charge in [-0.3, -0.25) is 0 Å². The second-order valence-electron chi connectivity index (χ2n) is 4.09. The van der Waals surface area contributed by atoms with E-state index in [9.17, 15) is 4.79 Å². The zero-order valence-electron chi connectivity index (χ0n) is 11.8. The molecule has 1 aromatic rings. The number of hydrogen-bond donors (Lipinski definition) is 0. The predicted molar refractivity (Wildman–Crippen MR) is 77.8 cm³/mol. The van der Waals surface area contributed by atoms with Crippen molar-refractivity contribution in [2.75, 3.05) is 20.3 Å². The molecule has 0 heterocycles. The van der Waals surface area contributed by atoms with Crippen molar-refractivity contribution in [2.24, 2.45) is 0 Å². The third kappa shape index (κ3) is 5.61. The summed E-state index contributed by atoms with van der Waals surface area (Å²) in [4.78, 5) is 11.2. The van der Waals surface area contributed by atoms with Gasteiger partial charge in [0.1, 0.15) is 11.5 Å². The van der Waals surface area contributed by atoms with Crippen LogP contribution in [0.3, 0.4) is 0 Å². The van der Waals surface area contributed by atoms with Gasteiger partial charge in [0.2, 0.25) is 0 Å². The van der Waals surface area contributed by atoms with Crippen molar-refractivity contribution in [3.05, 3.63) is 54.8 Å². The van der Waals surface area contributed by atoms with Crippen LogP contribution < -0.4 is 4.74 Å². The first-order chi connectivity index (χ1) is 9.67. The number of allylic oxidation sites excluding steroid dienone is 1. The quantitative estimate of drug-likeness (QED) is 0.300. The number of unbranched alkanes of at least 4 members (excludes halogenated alkanes) is 1. The van der Waals surface area contributed by atoms with Crippen LogP contribution in [-0.4, -0.2) is 26.3 Å². The molecule has 1 rings (SSSR count). The van der Waals surface area contributed by atoms with E-state index in [-0.39, 0.29) is 5.97 Å². The molecule has 0 fully saturated rings. The molecular weight excluding hydrogens is 256 g/mol. The Balaban J connectivity index is 2.20. The smallest absolute Gasteiger partial charge is 0.337 e. The summed E-state index contributed by atoms with van der Waals surface area (Å²) in [5.41, 5.74) is 0.510. The molecular formula is C16H20O4. The molecule has 4 nitrogen and oxygen atoms in total. The summed E-state index contributed by atoms with van der Waals surface area (Å²) in [5.74, 6) is 0.967. The summed E-state index contributed by atoms with van der Waals surface area (Å²) in [6.45, 7) is 8.42. The van der Waals surface area contributed by atoms with Crippen LogP contribution in [0.1, 0.15) is 23.2 Å². The minimum absolute atomic E-state index is 0.351. The Bertz CT molecular complexity index is 448. The minimum Gasteiger partial charge on any atom is -0.494 e. The first kappa shape index (κ1) is 15.8. The van der Waals surface area contributed by atoms with Gasteiger partial charge in [-0.15, -0.1) is 0 Å². The molecule has 0 aliphatic carbocycles. The Hall–Kier alpha value is -2.23. The van der Waals surface area contributed by atoms with Gasteiger partial charge < -0.3 is 14.2 Å². The molecule has 0 saturated carbocycles. The maximum atomic E-state index is 11.2. The van der Waals surface area contributed by atoms with Crippen molar-refractivity contribution in [1.29, 1.82) is 0 Å². The Morgan fingerprint density at radius 3 is 2.45 bits per heavy atom. The largest absolute Gasteiger partial charge is 0.494 e. The van der Waals surface area contributed by atoms with Crippen LogP contribution in [-0.2, 0) is 9.47 Å². The average Bonchev–Trinajstić information content (AvgIpc) is 2.50.